The Morgan fingerprint density at radius 1 is 1.04 bits per heavy atom. The van der Waals surface area contributed by atoms with Gasteiger partial charge in [-0.2, -0.15) is 0 Å². The van der Waals surface area contributed by atoms with Crippen LogP contribution in [0.25, 0.3) is 0 Å². The summed E-state index contributed by atoms with van der Waals surface area (Å²) in [5.74, 6) is -2.35. The number of hydrogen-bond acceptors (Lipinski definition) is 7. The molecule has 1 N–H and O–H groups in total. The number of carbonyl (C=O) groups excluding carboxylic acids is 2. The van der Waals surface area contributed by atoms with Crippen molar-refractivity contribution in [2.24, 2.45) is 0 Å². The maximum Gasteiger partial charge on any atom is 0.441 e. The highest BCUT2D eigenvalue weighted by molar-refractivity contribution is 5.81. The van der Waals surface area contributed by atoms with Crippen LogP contribution >= 0.6 is 0 Å². The number of methoxy groups -OCH3 is 3. The lowest BCUT2D eigenvalue weighted by Gasteiger charge is -2.28. The molecule has 134 valence electrons. The molecule has 0 aromatic heterocycles. The molecule has 1 aromatic carbocycles. The first kappa shape index (κ1) is 19.7. The summed E-state index contributed by atoms with van der Waals surface area (Å²) in [6, 6.07) is 6.52. The number of carbonyl (C=O) groups is 2. The highest BCUT2D eigenvalue weighted by Gasteiger charge is 2.44. The summed E-state index contributed by atoms with van der Waals surface area (Å²) >= 11 is 0. The van der Waals surface area contributed by atoms with E-state index in [1.807, 2.05) is 5.48 Å². The van der Waals surface area contributed by atoms with E-state index < -0.39 is 23.5 Å². The molecule has 0 unspecified atom stereocenters. The quantitative estimate of drug-likeness (QED) is 0.648. The topological polar surface area (TPSA) is 92.3 Å². The van der Waals surface area contributed by atoms with Gasteiger partial charge in [-0.25, -0.2) is 9.59 Å². The maximum absolute atomic E-state index is 12.4. The van der Waals surface area contributed by atoms with Crippen LogP contribution < -0.4 is 10.2 Å². The van der Waals surface area contributed by atoms with E-state index in [4.69, 9.17) is 23.8 Å². The molecule has 0 radical (unpaired) electrons. The van der Waals surface area contributed by atoms with Crippen LogP contribution in [0.3, 0.4) is 0 Å². The first-order valence-corrected chi connectivity index (χ1v) is 7.13. The van der Waals surface area contributed by atoms with Gasteiger partial charge in [0.2, 0.25) is 0 Å². The van der Waals surface area contributed by atoms with Gasteiger partial charge < -0.3 is 23.8 Å². The average molecular weight is 341 g/mol. The summed E-state index contributed by atoms with van der Waals surface area (Å²) in [5.41, 5.74) is 1.51. The minimum Gasteiger partial charge on any atom is -0.497 e. The largest absolute Gasteiger partial charge is 0.497 e. The fraction of sp³-hybridized carbons (Fsp3) is 0.500. The molecule has 0 spiro atoms. The van der Waals surface area contributed by atoms with Crippen LogP contribution in [-0.2, 0) is 29.6 Å². The number of amides is 1. The minimum atomic E-state index is -1.87. The first-order chi connectivity index (χ1) is 11.2. The molecule has 0 aliphatic carbocycles. The van der Waals surface area contributed by atoms with Gasteiger partial charge in [0, 0.05) is 19.8 Å². The van der Waals surface area contributed by atoms with Crippen LogP contribution in [0.15, 0.2) is 24.3 Å². The Hall–Kier alpha value is -2.32. The number of rotatable bonds is 5. The zero-order chi connectivity index (χ0) is 18.4. The van der Waals surface area contributed by atoms with Crippen LogP contribution in [-0.4, -0.2) is 39.0 Å². The predicted molar refractivity (Wildman–Crippen MR) is 84.2 cm³/mol. The average Bonchev–Trinajstić information content (AvgIpc) is 2.53. The van der Waals surface area contributed by atoms with E-state index in [0.29, 0.717) is 11.3 Å². The lowest BCUT2D eigenvalue weighted by Crippen LogP contribution is -2.45. The fourth-order valence-corrected chi connectivity index (χ4v) is 1.89. The maximum atomic E-state index is 12.4. The molecule has 0 saturated heterocycles. The van der Waals surface area contributed by atoms with Crippen LogP contribution in [0.1, 0.15) is 26.3 Å². The molecule has 0 fully saturated rings. The second kappa shape index (κ2) is 7.98. The van der Waals surface area contributed by atoms with Crippen molar-refractivity contribution in [3.05, 3.63) is 29.8 Å². The monoisotopic (exact) mass is 341 g/mol. The highest BCUT2D eigenvalue weighted by atomic mass is 16.8. The van der Waals surface area contributed by atoms with Gasteiger partial charge in [0.1, 0.15) is 11.4 Å². The molecule has 0 aliphatic rings. The molecule has 0 atom stereocenters. The van der Waals surface area contributed by atoms with Crippen molar-refractivity contribution in [1.82, 2.24) is 5.48 Å². The van der Waals surface area contributed by atoms with Crippen LogP contribution in [0.5, 0.6) is 5.75 Å². The molecule has 8 heteroatoms. The normalized spacial score (nSPS) is 11.6. The van der Waals surface area contributed by atoms with E-state index in [-0.39, 0.29) is 0 Å². The summed E-state index contributed by atoms with van der Waals surface area (Å²) in [5, 5.41) is 0. The molecule has 0 saturated carbocycles. The first-order valence-electron chi connectivity index (χ1n) is 7.13. The van der Waals surface area contributed by atoms with Crippen molar-refractivity contribution in [3.63, 3.8) is 0 Å². The zero-order valence-corrected chi connectivity index (χ0v) is 14.7. The SMILES string of the molecule is COc1cccc(C(OC)(OC)C(=O)ONC(=O)OC(C)(C)C)c1. The van der Waals surface area contributed by atoms with E-state index >= 15 is 0 Å². The second-order valence-electron chi connectivity index (χ2n) is 5.75. The van der Waals surface area contributed by atoms with Gasteiger partial charge in [-0.1, -0.05) is 12.1 Å². The summed E-state index contributed by atoms with van der Waals surface area (Å²) in [6.45, 7) is 5.04. The zero-order valence-electron chi connectivity index (χ0n) is 14.7. The minimum absolute atomic E-state index is 0.336. The van der Waals surface area contributed by atoms with Crippen LogP contribution in [0.2, 0.25) is 0 Å². The lowest BCUT2D eigenvalue weighted by atomic mass is 10.1. The summed E-state index contributed by atoms with van der Waals surface area (Å²) in [6.07, 6.45) is -0.914. The number of ether oxygens (including phenoxy) is 4. The van der Waals surface area contributed by atoms with Crippen molar-refractivity contribution in [2.75, 3.05) is 21.3 Å². The van der Waals surface area contributed by atoms with Crippen molar-refractivity contribution in [1.29, 1.82) is 0 Å². The van der Waals surface area contributed by atoms with E-state index in [0.717, 1.165) is 0 Å². The van der Waals surface area contributed by atoms with Crippen LogP contribution in [0, 0.1) is 0 Å². The fourth-order valence-electron chi connectivity index (χ4n) is 1.89. The van der Waals surface area contributed by atoms with Crippen molar-refractivity contribution >= 4 is 12.1 Å². The van der Waals surface area contributed by atoms with Crippen molar-refractivity contribution in [2.45, 2.75) is 32.2 Å². The van der Waals surface area contributed by atoms with Gasteiger partial charge in [0.05, 0.1) is 7.11 Å². The molecule has 0 heterocycles. The van der Waals surface area contributed by atoms with Crippen molar-refractivity contribution in [3.8, 4) is 5.75 Å². The van der Waals surface area contributed by atoms with Gasteiger partial charge in [0.25, 0.3) is 5.79 Å². The van der Waals surface area contributed by atoms with E-state index in [1.165, 1.54) is 21.3 Å². The molecular weight excluding hydrogens is 318 g/mol. The molecular formula is C16H23NO7. The number of hydrogen-bond donors (Lipinski definition) is 1. The van der Waals surface area contributed by atoms with Gasteiger partial charge >= 0.3 is 12.1 Å². The van der Waals surface area contributed by atoms with Crippen LogP contribution in [0.4, 0.5) is 4.79 Å². The van der Waals surface area contributed by atoms with Gasteiger partial charge in [-0.3, -0.25) is 0 Å². The third-order valence-corrected chi connectivity index (χ3v) is 2.92. The molecule has 1 aromatic rings. The molecule has 24 heavy (non-hydrogen) atoms. The van der Waals surface area contributed by atoms with E-state index in [1.54, 1.807) is 45.0 Å². The number of benzene rings is 1. The van der Waals surface area contributed by atoms with Gasteiger partial charge in [0.15, 0.2) is 0 Å². The summed E-state index contributed by atoms with van der Waals surface area (Å²) in [7, 11) is 4.04. The lowest BCUT2D eigenvalue weighted by molar-refractivity contribution is -0.240. The number of hydroxylamine groups is 1. The molecule has 0 bridgehead atoms. The molecule has 8 nitrogen and oxygen atoms in total. The summed E-state index contributed by atoms with van der Waals surface area (Å²) in [4.78, 5) is 28.8. The Morgan fingerprint density at radius 2 is 1.67 bits per heavy atom. The van der Waals surface area contributed by atoms with Crippen molar-refractivity contribution < 1.29 is 33.4 Å². The Bertz CT molecular complexity index is 576. The standard InChI is InChI=1S/C16H23NO7/c1-15(2,3)23-14(19)17-24-13(18)16(21-5,22-6)11-8-7-9-12(10-11)20-4/h7-10H,1-6H3,(H,17,19). The molecule has 0 aliphatic heterocycles. The Balaban J connectivity index is 2.94. The third-order valence-electron chi connectivity index (χ3n) is 2.92. The predicted octanol–water partition coefficient (Wildman–Crippen LogP) is 2.12. The smallest absolute Gasteiger partial charge is 0.441 e. The Labute approximate surface area is 140 Å². The summed E-state index contributed by atoms with van der Waals surface area (Å²) < 4.78 is 20.5. The third kappa shape index (κ3) is 4.84. The van der Waals surface area contributed by atoms with E-state index in [9.17, 15) is 9.59 Å². The molecule has 1 amide bonds. The second-order valence-corrected chi connectivity index (χ2v) is 5.75. The molecule has 1 rings (SSSR count). The van der Waals surface area contributed by atoms with Gasteiger partial charge in [-0.05, 0) is 32.9 Å². The Morgan fingerprint density at radius 3 is 2.17 bits per heavy atom. The van der Waals surface area contributed by atoms with Gasteiger partial charge in [-0.15, -0.1) is 5.48 Å². The number of nitrogens with one attached hydrogen (secondary N) is 1. The van der Waals surface area contributed by atoms with E-state index in [2.05, 4.69) is 0 Å². The Kier molecular flexibility index (Phi) is 6.56. The highest BCUT2D eigenvalue weighted by Crippen LogP contribution is 2.30.